The lowest BCUT2D eigenvalue weighted by molar-refractivity contribution is -0.137. The van der Waals surface area contributed by atoms with Gasteiger partial charge in [-0.15, -0.1) is 0 Å². The summed E-state index contributed by atoms with van der Waals surface area (Å²) >= 11 is 5.98. The van der Waals surface area contributed by atoms with Crippen molar-refractivity contribution in [3.63, 3.8) is 0 Å². The van der Waals surface area contributed by atoms with Crippen molar-refractivity contribution in [1.29, 1.82) is 0 Å². The summed E-state index contributed by atoms with van der Waals surface area (Å²) in [5, 5.41) is 3.49. The van der Waals surface area contributed by atoms with Crippen LogP contribution in [0.15, 0.2) is 24.3 Å². The average Bonchev–Trinajstić information content (AvgIpc) is 3.24. The molecule has 1 heterocycles. The Morgan fingerprint density at radius 3 is 2.44 bits per heavy atom. The second-order valence-electron chi connectivity index (χ2n) is 8.93. The molecule has 1 aromatic carbocycles. The topological polar surface area (TPSA) is 95.7 Å². The van der Waals surface area contributed by atoms with E-state index in [1.165, 1.54) is 6.42 Å². The van der Waals surface area contributed by atoms with Crippen LogP contribution in [0, 0.1) is 0 Å². The van der Waals surface area contributed by atoms with Crippen LogP contribution in [0.2, 0.25) is 5.02 Å². The van der Waals surface area contributed by atoms with E-state index in [2.05, 4.69) is 5.32 Å². The maximum absolute atomic E-state index is 13.4. The molecule has 1 saturated heterocycles. The number of likely N-dealkylation sites (tertiary alicyclic amines) is 1. The van der Waals surface area contributed by atoms with Crippen LogP contribution in [0.1, 0.15) is 57.4 Å². The molecule has 7 nitrogen and oxygen atoms in total. The number of halogens is 1. The van der Waals surface area contributed by atoms with E-state index in [4.69, 9.17) is 17.3 Å². The standard InChI is InChI=1S/C24H35ClN4O3/c1-17(30)29(20-5-3-2-4-6-20)21-12-14-28(16-21)24(32)22(27-23(31)11-13-26)15-18-7-9-19(25)10-8-18/h7-10,20-22H,2-6,11-16,26H2,1H3,(H,27,31)/t21-,22+/m0/s1. The molecular weight excluding hydrogens is 428 g/mol. The Morgan fingerprint density at radius 1 is 1.12 bits per heavy atom. The fourth-order valence-electron chi connectivity index (χ4n) is 5.01. The van der Waals surface area contributed by atoms with Crippen molar-refractivity contribution in [2.24, 2.45) is 5.73 Å². The second-order valence-corrected chi connectivity index (χ2v) is 9.37. The maximum Gasteiger partial charge on any atom is 0.245 e. The minimum Gasteiger partial charge on any atom is -0.344 e. The number of rotatable bonds is 8. The molecule has 2 aliphatic rings. The lowest BCUT2D eigenvalue weighted by Crippen LogP contribution is -2.51. The van der Waals surface area contributed by atoms with E-state index < -0.39 is 6.04 Å². The van der Waals surface area contributed by atoms with E-state index in [1.807, 2.05) is 17.0 Å². The predicted octanol–water partition coefficient (Wildman–Crippen LogP) is 2.50. The summed E-state index contributed by atoms with van der Waals surface area (Å²) in [4.78, 5) is 42.0. The van der Waals surface area contributed by atoms with E-state index in [9.17, 15) is 14.4 Å². The quantitative estimate of drug-likeness (QED) is 0.620. The number of nitrogens with zero attached hydrogens (tertiary/aromatic N) is 2. The summed E-state index contributed by atoms with van der Waals surface area (Å²) in [5.74, 6) is -0.256. The molecule has 2 fully saturated rings. The number of nitrogens with two attached hydrogens (primary N) is 1. The smallest absolute Gasteiger partial charge is 0.245 e. The fourth-order valence-corrected chi connectivity index (χ4v) is 5.14. The van der Waals surface area contributed by atoms with Gasteiger partial charge in [0.25, 0.3) is 0 Å². The molecule has 32 heavy (non-hydrogen) atoms. The molecule has 1 aliphatic heterocycles. The van der Waals surface area contributed by atoms with Crippen molar-refractivity contribution >= 4 is 29.3 Å². The summed E-state index contributed by atoms with van der Waals surface area (Å²) < 4.78 is 0. The first-order valence-corrected chi connectivity index (χ1v) is 12.1. The van der Waals surface area contributed by atoms with Crippen molar-refractivity contribution in [2.45, 2.75) is 76.4 Å². The Hall–Kier alpha value is -2.12. The SMILES string of the molecule is CC(=O)N(C1CCCCC1)[C@H]1CCN(C(=O)[C@@H](Cc2ccc(Cl)cc2)NC(=O)CCN)C1. The normalized spacial score (nSPS) is 20.1. The highest BCUT2D eigenvalue weighted by Gasteiger charge is 2.37. The first-order valence-electron chi connectivity index (χ1n) is 11.7. The van der Waals surface area contributed by atoms with Gasteiger partial charge in [0.15, 0.2) is 0 Å². The van der Waals surface area contributed by atoms with Crippen LogP contribution < -0.4 is 11.1 Å². The van der Waals surface area contributed by atoms with Gasteiger partial charge >= 0.3 is 0 Å². The Kier molecular flexibility index (Phi) is 8.93. The van der Waals surface area contributed by atoms with E-state index >= 15 is 0 Å². The Labute approximate surface area is 195 Å². The van der Waals surface area contributed by atoms with Crippen LogP contribution >= 0.6 is 11.6 Å². The largest absolute Gasteiger partial charge is 0.344 e. The molecule has 3 amide bonds. The third-order valence-electron chi connectivity index (χ3n) is 6.56. The molecule has 0 unspecified atom stereocenters. The number of hydrogen-bond donors (Lipinski definition) is 2. The number of carbonyl (C=O) groups excluding carboxylic acids is 3. The average molecular weight is 463 g/mol. The van der Waals surface area contributed by atoms with Crippen molar-refractivity contribution in [3.8, 4) is 0 Å². The molecule has 0 spiro atoms. The molecule has 1 aliphatic carbocycles. The van der Waals surface area contributed by atoms with Crippen molar-refractivity contribution in [3.05, 3.63) is 34.9 Å². The number of benzene rings is 1. The number of hydrogen-bond acceptors (Lipinski definition) is 4. The summed E-state index contributed by atoms with van der Waals surface area (Å²) in [5.41, 5.74) is 6.44. The van der Waals surface area contributed by atoms with Crippen molar-refractivity contribution in [1.82, 2.24) is 15.1 Å². The Morgan fingerprint density at radius 2 is 1.81 bits per heavy atom. The molecule has 8 heteroatoms. The van der Waals surface area contributed by atoms with Gasteiger partial charge in [0, 0.05) is 50.5 Å². The van der Waals surface area contributed by atoms with E-state index in [1.54, 1.807) is 24.0 Å². The van der Waals surface area contributed by atoms with Gasteiger partial charge in [-0.1, -0.05) is 43.0 Å². The highest BCUT2D eigenvalue weighted by atomic mass is 35.5. The minimum absolute atomic E-state index is 0.0375. The number of nitrogens with one attached hydrogen (secondary N) is 1. The second kappa shape index (κ2) is 11.7. The molecule has 176 valence electrons. The molecule has 0 bridgehead atoms. The lowest BCUT2D eigenvalue weighted by Gasteiger charge is -2.38. The molecule has 3 rings (SSSR count). The molecular formula is C24H35ClN4O3. The minimum atomic E-state index is -0.672. The third-order valence-corrected chi connectivity index (χ3v) is 6.81. The van der Waals surface area contributed by atoms with Gasteiger partial charge in [0.1, 0.15) is 6.04 Å². The maximum atomic E-state index is 13.4. The third kappa shape index (κ3) is 6.45. The first kappa shape index (κ1) is 24.5. The van der Waals surface area contributed by atoms with Crippen LogP contribution in [-0.4, -0.2) is 65.3 Å². The molecule has 1 aromatic rings. The van der Waals surface area contributed by atoms with Gasteiger partial charge in [-0.25, -0.2) is 0 Å². The Balaban J connectivity index is 1.70. The van der Waals surface area contributed by atoms with E-state index in [0.717, 1.165) is 37.7 Å². The zero-order chi connectivity index (χ0) is 23.1. The Bertz CT molecular complexity index is 795. The summed E-state index contributed by atoms with van der Waals surface area (Å²) in [6.07, 6.45) is 6.94. The van der Waals surface area contributed by atoms with Gasteiger partial charge in [0.2, 0.25) is 17.7 Å². The van der Waals surface area contributed by atoms with Crippen molar-refractivity contribution < 1.29 is 14.4 Å². The lowest BCUT2D eigenvalue weighted by atomic mass is 9.93. The van der Waals surface area contributed by atoms with Crippen molar-refractivity contribution in [2.75, 3.05) is 19.6 Å². The summed E-state index contributed by atoms with van der Waals surface area (Å²) in [6.45, 7) is 2.96. The van der Waals surface area contributed by atoms with Crippen LogP contribution in [0.3, 0.4) is 0 Å². The molecule has 1 saturated carbocycles. The highest BCUT2D eigenvalue weighted by molar-refractivity contribution is 6.30. The number of carbonyl (C=O) groups is 3. The van der Waals surface area contributed by atoms with Crippen LogP contribution in [-0.2, 0) is 20.8 Å². The molecule has 0 radical (unpaired) electrons. The van der Waals surface area contributed by atoms with Gasteiger partial charge < -0.3 is 20.9 Å². The van der Waals surface area contributed by atoms with Gasteiger partial charge in [-0.3, -0.25) is 14.4 Å². The zero-order valence-electron chi connectivity index (χ0n) is 18.9. The van der Waals surface area contributed by atoms with E-state index in [-0.39, 0.29) is 42.8 Å². The van der Waals surface area contributed by atoms with Gasteiger partial charge in [-0.2, -0.15) is 0 Å². The van der Waals surface area contributed by atoms with Gasteiger partial charge in [0.05, 0.1) is 6.04 Å². The first-order chi connectivity index (χ1) is 15.4. The molecule has 0 aromatic heterocycles. The van der Waals surface area contributed by atoms with Crippen LogP contribution in [0.5, 0.6) is 0 Å². The summed E-state index contributed by atoms with van der Waals surface area (Å²) in [6, 6.07) is 6.93. The molecule has 3 N–H and O–H groups in total. The fraction of sp³-hybridized carbons (Fsp3) is 0.625. The van der Waals surface area contributed by atoms with Crippen LogP contribution in [0.25, 0.3) is 0 Å². The zero-order valence-corrected chi connectivity index (χ0v) is 19.7. The monoisotopic (exact) mass is 462 g/mol. The van der Waals surface area contributed by atoms with Gasteiger partial charge in [-0.05, 0) is 37.0 Å². The summed E-state index contributed by atoms with van der Waals surface area (Å²) in [7, 11) is 0. The highest BCUT2D eigenvalue weighted by Crippen LogP contribution is 2.28. The molecule has 2 atom stereocenters. The van der Waals surface area contributed by atoms with Crippen LogP contribution in [0.4, 0.5) is 0 Å². The number of amides is 3. The van der Waals surface area contributed by atoms with E-state index in [0.29, 0.717) is 24.5 Å². The predicted molar refractivity (Wildman–Crippen MR) is 125 cm³/mol.